The molecule has 0 aliphatic rings. The number of hydrogen-bond donors (Lipinski definition) is 1. The highest BCUT2D eigenvalue weighted by atomic mass is 19.1. The number of nitrogens with zero attached hydrogens (tertiary/aromatic N) is 2. The van der Waals surface area contributed by atoms with Gasteiger partial charge in [0, 0.05) is 0 Å². The summed E-state index contributed by atoms with van der Waals surface area (Å²) in [6.07, 6.45) is 0. The van der Waals surface area contributed by atoms with Gasteiger partial charge in [0.05, 0.1) is 5.69 Å². The van der Waals surface area contributed by atoms with Crippen molar-refractivity contribution in [3.63, 3.8) is 0 Å². The lowest BCUT2D eigenvalue weighted by molar-refractivity contribution is 0.614. The molecule has 0 radical (unpaired) electrons. The molecule has 0 amide bonds. The molecule has 14 heavy (non-hydrogen) atoms. The van der Waals surface area contributed by atoms with E-state index in [2.05, 4.69) is 10.2 Å². The van der Waals surface area contributed by atoms with Gasteiger partial charge >= 0.3 is 5.69 Å². The first-order valence-corrected chi connectivity index (χ1v) is 4.09. The smallest absolute Gasteiger partial charge is 0.246 e. The maximum absolute atomic E-state index is 13.3. The zero-order valence-electron chi connectivity index (χ0n) is 7.49. The number of H-pyrrole nitrogens is 1. The predicted molar refractivity (Wildman–Crippen MR) is 48.9 cm³/mol. The van der Waals surface area contributed by atoms with Crippen LogP contribution in [-0.4, -0.2) is 14.8 Å². The van der Waals surface area contributed by atoms with Gasteiger partial charge in [-0.1, -0.05) is 12.1 Å². The summed E-state index contributed by atoms with van der Waals surface area (Å²) in [6.45, 7) is 1.63. The molecule has 0 aliphatic heterocycles. The summed E-state index contributed by atoms with van der Waals surface area (Å²) in [5.41, 5.74) is -0.226. The third kappa shape index (κ3) is 1.22. The molecule has 0 saturated carbocycles. The molecule has 72 valence electrons. The van der Waals surface area contributed by atoms with Crippen LogP contribution >= 0.6 is 0 Å². The molecule has 5 heteroatoms. The standard InChI is InChI=1S/C9H8FN3O/c1-6-11-12-9(14)13(6)8-5-3-2-4-7(8)10/h2-5H,1H3,(H,12,14). The van der Waals surface area contributed by atoms with Gasteiger partial charge in [0.1, 0.15) is 11.6 Å². The number of hydrogen-bond acceptors (Lipinski definition) is 2. The second kappa shape index (κ2) is 3.10. The van der Waals surface area contributed by atoms with Gasteiger partial charge < -0.3 is 0 Å². The summed E-state index contributed by atoms with van der Waals surface area (Å²) in [4.78, 5) is 11.3. The fourth-order valence-corrected chi connectivity index (χ4v) is 1.29. The zero-order chi connectivity index (χ0) is 10.1. The molecule has 0 bridgehead atoms. The fourth-order valence-electron chi connectivity index (χ4n) is 1.29. The molecule has 1 heterocycles. The highest BCUT2D eigenvalue weighted by molar-refractivity contribution is 5.33. The summed E-state index contributed by atoms with van der Waals surface area (Å²) in [5.74, 6) is -0.0146. The summed E-state index contributed by atoms with van der Waals surface area (Å²) in [5, 5.41) is 5.95. The van der Waals surface area contributed by atoms with E-state index in [1.54, 1.807) is 19.1 Å². The molecule has 0 atom stereocenters. The van der Waals surface area contributed by atoms with E-state index >= 15 is 0 Å². The molecule has 0 unspecified atom stereocenters. The number of aromatic nitrogens is 3. The van der Waals surface area contributed by atoms with Crippen LogP contribution in [0.3, 0.4) is 0 Å². The van der Waals surface area contributed by atoms with Crippen molar-refractivity contribution in [3.05, 3.63) is 46.4 Å². The average Bonchev–Trinajstić information content (AvgIpc) is 2.48. The van der Waals surface area contributed by atoms with Crippen LogP contribution in [0.25, 0.3) is 5.69 Å². The summed E-state index contributed by atoms with van der Waals surface area (Å²) < 4.78 is 14.5. The molecule has 2 aromatic rings. The van der Waals surface area contributed by atoms with E-state index in [0.29, 0.717) is 5.82 Å². The lowest BCUT2D eigenvalue weighted by atomic mass is 10.3. The number of rotatable bonds is 1. The number of nitrogens with one attached hydrogen (secondary N) is 1. The molecule has 0 aliphatic carbocycles. The van der Waals surface area contributed by atoms with Crippen molar-refractivity contribution in [3.8, 4) is 5.69 Å². The zero-order valence-corrected chi connectivity index (χ0v) is 7.49. The number of aryl methyl sites for hydroxylation is 1. The van der Waals surface area contributed by atoms with Gasteiger partial charge in [-0.15, -0.1) is 0 Å². The molecule has 0 spiro atoms. The Labute approximate surface area is 79.0 Å². The average molecular weight is 193 g/mol. The number of para-hydroxylation sites is 1. The summed E-state index contributed by atoms with van der Waals surface area (Å²) in [7, 11) is 0. The van der Waals surface area contributed by atoms with Gasteiger partial charge in [0.15, 0.2) is 0 Å². The van der Waals surface area contributed by atoms with Crippen LogP contribution in [0.15, 0.2) is 29.1 Å². The molecular weight excluding hydrogens is 185 g/mol. The van der Waals surface area contributed by atoms with Crippen LogP contribution in [-0.2, 0) is 0 Å². The predicted octanol–water partition coefficient (Wildman–Crippen LogP) is 1.01. The van der Waals surface area contributed by atoms with Gasteiger partial charge in [-0.25, -0.2) is 18.9 Å². The third-order valence-electron chi connectivity index (χ3n) is 1.93. The minimum Gasteiger partial charge on any atom is -0.246 e. The Bertz CT molecular complexity index is 515. The van der Waals surface area contributed by atoms with Gasteiger partial charge in [-0.3, -0.25) is 0 Å². The van der Waals surface area contributed by atoms with Crippen molar-refractivity contribution in [2.24, 2.45) is 0 Å². The molecule has 4 nitrogen and oxygen atoms in total. The molecule has 0 saturated heterocycles. The number of aromatic amines is 1. The van der Waals surface area contributed by atoms with E-state index in [4.69, 9.17) is 0 Å². The largest absolute Gasteiger partial charge is 0.348 e. The lowest BCUT2D eigenvalue weighted by Crippen LogP contribution is -2.16. The SMILES string of the molecule is Cc1n[nH]c(=O)n1-c1ccccc1F. The Morgan fingerprint density at radius 1 is 1.43 bits per heavy atom. The highest BCUT2D eigenvalue weighted by Crippen LogP contribution is 2.10. The first kappa shape index (κ1) is 8.68. The van der Waals surface area contributed by atoms with E-state index in [-0.39, 0.29) is 5.69 Å². The van der Waals surface area contributed by atoms with Gasteiger partial charge in [-0.05, 0) is 19.1 Å². The van der Waals surface area contributed by atoms with Crippen LogP contribution in [0.2, 0.25) is 0 Å². The van der Waals surface area contributed by atoms with Crippen LogP contribution in [0, 0.1) is 12.7 Å². The summed E-state index contributed by atoms with van der Waals surface area (Å²) in [6, 6.07) is 6.06. The van der Waals surface area contributed by atoms with Gasteiger partial charge in [0.25, 0.3) is 0 Å². The Hall–Kier alpha value is -1.91. The summed E-state index contributed by atoms with van der Waals surface area (Å²) >= 11 is 0. The maximum atomic E-state index is 13.3. The van der Waals surface area contributed by atoms with Crippen molar-refractivity contribution < 1.29 is 4.39 Å². The highest BCUT2D eigenvalue weighted by Gasteiger charge is 2.09. The lowest BCUT2D eigenvalue weighted by Gasteiger charge is -2.02. The second-order valence-corrected chi connectivity index (χ2v) is 2.86. The van der Waals surface area contributed by atoms with Crippen LogP contribution in [0.1, 0.15) is 5.82 Å². The normalized spacial score (nSPS) is 10.4. The quantitative estimate of drug-likeness (QED) is 0.734. The van der Waals surface area contributed by atoms with Gasteiger partial charge in [-0.2, -0.15) is 5.10 Å². The van der Waals surface area contributed by atoms with Crippen molar-refractivity contribution in [1.29, 1.82) is 0 Å². The van der Waals surface area contributed by atoms with Crippen molar-refractivity contribution in [1.82, 2.24) is 14.8 Å². The topological polar surface area (TPSA) is 50.7 Å². The Morgan fingerprint density at radius 3 is 2.71 bits per heavy atom. The van der Waals surface area contributed by atoms with Crippen molar-refractivity contribution >= 4 is 0 Å². The monoisotopic (exact) mass is 193 g/mol. The Morgan fingerprint density at radius 2 is 2.14 bits per heavy atom. The van der Waals surface area contributed by atoms with Crippen LogP contribution < -0.4 is 5.69 Å². The fraction of sp³-hybridized carbons (Fsp3) is 0.111. The van der Waals surface area contributed by atoms with E-state index < -0.39 is 11.5 Å². The molecule has 0 fully saturated rings. The first-order valence-electron chi connectivity index (χ1n) is 4.09. The van der Waals surface area contributed by atoms with E-state index in [9.17, 15) is 9.18 Å². The third-order valence-corrected chi connectivity index (χ3v) is 1.93. The maximum Gasteiger partial charge on any atom is 0.348 e. The van der Waals surface area contributed by atoms with Crippen molar-refractivity contribution in [2.75, 3.05) is 0 Å². The van der Waals surface area contributed by atoms with Gasteiger partial charge in [0.2, 0.25) is 0 Å². The Kier molecular flexibility index (Phi) is 1.92. The molecule has 1 aromatic heterocycles. The second-order valence-electron chi connectivity index (χ2n) is 2.86. The number of benzene rings is 1. The Balaban J connectivity index is 2.72. The van der Waals surface area contributed by atoms with E-state index in [1.807, 2.05) is 0 Å². The van der Waals surface area contributed by atoms with Crippen LogP contribution in [0.4, 0.5) is 4.39 Å². The molecule has 1 N–H and O–H groups in total. The first-order chi connectivity index (χ1) is 6.70. The van der Waals surface area contributed by atoms with E-state index in [1.165, 1.54) is 16.7 Å². The molecular formula is C9H8FN3O. The number of halogens is 1. The molecule has 2 rings (SSSR count). The van der Waals surface area contributed by atoms with Crippen LogP contribution in [0.5, 0.6) is 0 Å². The minimum atomic E-state index is -0.445. The van der Waals surface area contributed by atoms with Crippen molar-refractivity contribution in [2.45, 2.75) is 6.92 Å². The minimum absolute atomic E-state index is 0.212. The molecule has 1 aromatic carbocycles. The van der Waals surface area contributed by atoms with E-state index in [0.717, 1.165) is 0 Å².